The van der Waals surface area contributed by atoms with Crippen molar-refractivity contribution in [2.24, 2.45) is 0 Å². The molecule has 32 heavy (non-hydrogen) atoms. The van der Waals surface area contributed by atoms with Gasteiger partial charge in [-0.25, -0.2) is 24.1 Å². The van der Waals surface area contributed by atoms with Gasteiger partial charge in [-0.05, 0) is 11.8 Å². The molecule has 0 unspecified atom stereocenters. The minimum Gasteiger partial charge on any atom is -0.361 e. The van der Waals surface area contributed by atoms with Crippen molar-refractivity contribution in [2.45, 2.75) is 0 Å². The zero-order valence-corrected chi connectivity index (χ0v) is 17.5. The van der Waals surface area contributed by atoms with Crippen LogP contribution >= 0.6 is 12.2 Å². The largest absolute Gasteiger partial charge is 0.363 e. The predicted molar refractivity (Wildman–Crippen MR) is 122 cm³/mol. The number of rotatable bonds is 1. The van der Waals surface area contributed by atoms with Crippen molar-refractivity contribution >= 4 is 40.4 Å². The van der Waals surface area contributed by atoms with Crippen molar-refractivity contribution in [2.75, 3.05) is 19.0 Å². The number of hydrogen-bond donors (Lipinski definition) is 3. The highest BCUT2D eigenvalue weighted by molar-refractivity contribution is 7.71. The number of H-pyrrole nitrogens is 3. The first-order chi connectivity index (χ1) is 15.2. The lowest BCUT2D eigenvalue weighted by Crippen LogP contribution is -2.24. The monoisotopic (exact) mass is 443 g/mol. The second-order valence-corrected chi connectivity index (χ2v) is 6.57. The Kier molecular flexibility index (Phi) is 5.67. The molecule has 0 fully saturated rings. The van der Waals surface area contributed by atoms with E-state index in [1.165, 1.54) is 0 Å². The smallest absolute Gasteiger partial charge is 0.361 e. The molecular formula is C20H13N9O2S. The summed E-state index contributed by atoms with van der Waals surface area (Å²) in [4.78, 5) is 44.7. The maximum atomic E-state index is 11.7. The molecule has 11 nitrogen and oxygen atoms in total. The van der Waals surface area contributed by atoms with Crippen LogP contribution in [0.15, 0.2) is 9.59 Å². The molecule has 0 aliphatic carbocycles. The van der Waals surface area contributed by atoms with Gasteiger partial charge in [0.15, 0.2) is 28.8 Å². The number of imidazole rings is 2. The van der Waals surface area contributed by atoms with Gasteiger partial charge < -0.3 is 14.9 Å². The highest BCUT2D eigenvalue weighted by atomic mass is 32.1. The third-order valence-corrected chi connectivity index (χ3v) is 4.32. The number of aromatic amines is 3. The lowest BCUT2D eigenvalue weighted by atomic mass is 10.4. The molecule has 0 aliphatic rings. The molecule has 4 aromatic heterocycles. The zero-order valence-electron chi connectivity index (χ0n) is 16.7. The summed E-state index contributed by atoms with van der Waals surface area (Å²) in [7, 11) is 3.52. The Balaban J connectivity index is 0.000000182. The number of aromatic nitrogens is 8. The van der Waals surface area contributed by atoms with Crippen LogP contribution in [0.4, 0.5) is 5.82 Å². The Bertz CT molecular complexity index is 1720. The van der Waals surface area contributed by atoms with Gasteiger partial charge in [-0.2, -0.15) is 9.55 Å². The molecule has 0 aromatic carbocycles. The van der Waals surface area contributed by atoms with Crippen molar-refractivity contribution in [1.29, 1.82) is 0 Å². The molecule has 12 heteroatoms. The second kappa shape index (κ2) is 8.37. The molecule has 4 heterocycles. The van der Waals surface area contributed by atoms with Gasteiger partial charge in [0.05, 0.1) is 0 Å². The van der Waals surface area contributed by atoms with E-state index >= 15 is 0 Å². The number of terminal acetylenes is 4. The molecular weight excluding hydrogens is 430 g/mol. The average Bonchev–Trinajstić information content (AvgIpc) is 3.38. The Hall–Kier alpha value is -5.04. The Morgan fingerprint density at radius 3 is 1.88 bits per heavy atom. The van der Waals surface area contributed by atoms with Gasteiger partial charge in [-0.3, -0.25) is 4.98 Å². The van der Waals surface area contributed by atoms with E-state index in [9.17, 15) is 9.59 Å². The van der Waals surface area contributed by atoms with Crippen LogP contribution < -0.4 is 16.3 Å². The Morgan fingerprint density at radius 2 is 1.38 bits per heavy atom. The summed E-state index contributed by atoms with van der Waals surface area (Å²) in [6.45, 7) is 0. The lowest BCUT2D eigenvalue weighted by molar-refractivity contribution is 0.950. The summed E-state index contributed by atoms with van der Waals surface area (Å²) in [5, 5.41) is 0. The fourth-order valence-corrected chi connectivity index (χ4v) is 2.89. The molecule has 0 bridgehead atoms. The summed E-state index contributed by atoms with van der Waals surface area (Å²) in [6, 6.07) is 4.39. The number of fused-ring (bicyclic) bond motifs is 2. The highest BCUT2D eigenvalue weighted by Gasteiger charge is 2.15. The first-order valence-electron chi connectivity index (χ1n) is 8.57. The van der Waals surface area contributed by atoms with E-state index in [1.807, 2.05) is 0 Å². The molecule has 0 saturated heterocycles. The fraction of sp³-hybridized carbons (Fsp3) is 0.100. The molecule has 4 aromatic rings. The van der Waals surface area contributed by atoms with Crippen LogP contribution in [-0.2, 0) is 0 Å². The summed E-state index contributed by atoms with van der Waals surface area (Å²) in [5.41, 5.74) is 0.503. The quantitative estimate of drug-likeness (QED) is 0.274. The van der Waals surface area contributed by atoms with Crippen molar-refractivity contribution < 1.29 is 0 Å². The van der Waals surface area contributed by atoms with E-state index in [-0.39, 0.29) is 16.1 Å². The van der Waals surface area contributed by atoms with Gasteiger partial charge in [0.2, 0.25) is 0 Å². The van der Waals surface area contributed by atoms with Crippen molar-refractivity contribution in [3.8, 4) is 49.6 Å². The fourth-order valence-electron chi connectivity index (χ4n) is 2.66. The first-order valence-corrected chi connectivity index (χ1v) is 8.98. The molecule has 0 saturated carbocycles. The Morgan fingerprint density at radius 1 is 0.844 bits per heavy atom. The molecule has 0 aliphatic heterocycles. The van der Waals surface area contributed by atoms with E-state index in [0.717, 1.165) is 9.13 Å². The van der Waals surface area contributed by atoms with Crippen molar-refractivity contribution in [3.05, 3.63) is 37.3 Å². The SMILES string of the molecule is C#Cc1nc2c([nH]1)c(=S)[nH]c(=O)n2C#C.C#Cc1nc2c([nH]1)c(N(C)C)nc(=O)n2C#C. The van der Waals surface area contributed by atoms with Crippen molar-refractivity contribution in [3.63, 3.8) is 0 Å². The third kappa shape index (κ3) is 3.61. The number of nitrogens with one attached hydrogen (secondary N) is 3. The maximum Gasteiger partial charge on any atom is 0.363 e. The van der Waals surface area contributed by atoms with Crippen LogP contribution in [-0.4, -0.2) is 53.1 Å². The van der Waals surface area contributed by atoms with Gasteiger partial charge in [-0.1, -0.05) is 25.1 Å². The second-order valence-electron chi connectivity index (χ2n) is 6.16. The summed E-state index contributed by atoms with van der Waals surface area (Å²) >= 11 is 4.93. The van der Waals surface area contributed by atoms with E-state index in [0.29, 0.717) is 28.3 Å². The molecule has 156 valence electrons. The van der Waals surface area contributed by atoms with Gasteiger partial charge >= 0.3 is 11.4 Å². The topological polar surface area (TPSA) is 133 Å². The molecule has 0 radical (unpaired) electrons. The Labute approximate surface area is 185 Å². The normalized spacial score (nSPS) is 9.81. The molecule has 0 atom stereocenters. The van der Waals surface area contributed by atoms with Crippen LogP contribution in [0.2, 0.25) is 0 Å². The van der Waals surface area contributed by atoms with E-state index < -0.39 is 11.4 Å². The third-order valence-electron chi connectivity index (χ3n) is 4.02. The number of anilines is 1. The van der Waals surface area contributed by atoms with E-state index in [4.69, 9.17) is 37.9 Å². The highest BCUT2D eigenvalue weighted by Crippen LogP contribution is 2.18. The molecule has 3 N–H and O–H groups in total. The van der Waals surface area contributed by atoms with E-state index in [2.05, 4.69) is 53.8 Å². The van der Waals surface area contributed by atoms with Crippen LogP contribution in [0.5, 0.6) is 0 Å². The van der Waals surface area contributed by atoms with Gasteiger partial charge in [0.1, 0.15) is 15.7 Å². The summed E-state index contributed by atoms with van der Waals surface area (Å²) in [6.07, 6.45) is 20.8. The van der Waals surface area contributed by atoms with E-state index in [1.54, 1.807) is 19.0 Å². The van der Waals surface area contributed by atoms with Gasteiger partial charge in [0.25, 0.3) is 0 Å². The maximum absolute atomic E-state index is 11.7. The zero-order chi connectivity index (χ0) is 23.6. The first kappa shape index (κ1) is 21.7. The summed E-state index contributed by atoms with van der Waals surface area (Å²) in [5.74, 6) is 5.69. The van der Waals surface area contributed by atoms with Crippen LogP contribution in [0.1, 0.15) is 11.6 Å². The standard InChI is InChI=1S/C11H9N5O.C9H4N4OS/c1-5-7-12-8-9(15(3)4)14-11(17)16(6-2)10(8)13-7;1-3-5-10-6-7(11-5)13(4-2)9(14)12-8(6)15/h1-2H,3-4H3,(H,12,13);1-2H,(H,10,11)(H,12,14,15). The van der Waals surface area contributed by atoms with Crippen LogP contribution in [0.25, 0.3) is 22.3 Å². The van der Waals surface area contributed by atoms with Gasteiger partial charge in [-0.15, -0.1) is 12.8 Å². The average molecular weight is 443 g/mol. The van der Waals surface area contributed by atoms with Crippen LogP contribution in [0.3, 0.4) is 0 Å². The predicted octanol–water partition coefficient (Wildman–Crippen LogP) is -0.192. The van der Waals surface area contributed by atoms with Gasteiger partial charge in [0, 0.05) is 26.2 Å². The molecule has 0 amide bonds. The van der Waals surface area contributed by atoms with Crippen molar-refractivity contribution in [1.82, 2.24) is 39.0 Å². The minimum absolute atomic E-state index is 0.232. The summed E-state index contributed by atoms with van der Waals surface area (Å²) < 4.78 is 2.25. The minimum atomic E-state index is -0.557. The molecule has 4 rings (SSSR count). The number of hydrogen-bond acceptors (Lipinski definition) is 7. The molecule has 0 spiro atoms. The lowest BCUT2D eigenvalue weighted by Gasteiger charge is -2.11. The number of nitrogens with zero attached hydrogens (tertiary/aromatic N) is 6. The van der Waals surface area contributed by atoms with Crippen LogP contribution in [0, 0.1) is 54.3 Å².